The fraction of sp³-hybridized carbons (Fsp3) is 0.167. The summed E-state index contributed by atoms with van der Waals surface area (Å²) in [5, 5.41) is 0.811. The summed E-state index contributed by atoms with van der Waals surface area (Å²) < 4.78 is 5.84. The summed E-state index contributed by atoms with van der Waals surface area (Å²) in [6, 6.07) is 7.44. The zero-order valence-electron chi connectivity index (χ0n) is 8.73. The summed E-state index contributed by atoms with van der Waals surface area (Å²) in [5.74, 6) is -0.425. The Hall–Kier alpha value is -1.68. The Kier molecular flexibility index (Phi) is 3.01. The van der Waals surface area contributed by atoms with Crippen molar-refractivity contribution in [3.63, 3.8) is 0 Å². The number of rotatable bonds is 3. The number of benzene rings is 1. The molecule has 0 fully saturated rings. The molecule has 3 nitrogen and oxygen atoms in total. The smallest absolute Gasteiger partial charge is 0.349 e. The molecule has 0 amide bonds. The molecule has 82 valence electrons. The first-order valence-electron chi connectivity index (χ1n) is 4.91. The van der Waals surface area contributed by atoms with Crippen molar-refractivity contribution in [3.8, 4) is 0 Å². The van der Waals surface area contributed by atoms with Crippen LogP contribution in [0.1, 0.15) is 27.0 Å². The summed E-state index contributed by atoms with van der Waals surface area (Å²) in [7, 11) is 0. The lowest BCUT2D eigenvalue weighted by molar-refractivity contribution is 0.0530. The van der Waals surface area contributed by atoms with Gasteiger partial charge in [-0.05, 0) is 13.0 Å². The first-order chi connectivity index (χ1) is 7.77. The average molecular weight is 234 g/mol. The van der Waals surface area contributed by atoms with Crippen LogP contribution < -0.4 is 0 Å². The topological polar surface area (TPSA) is 43.4 Å². The minimum absolute atomic E-state index is 0.311. The van der Waals surface area contributed by atoms with Crippen molar-refractivity contribution >= 4 is 33.7 Å². The monoisotopic (exact) mass is 234 g/mol. The third-order valence-corrected chi connectivity index (χ3v) is 3.38. The number of carbonyl (C=O) groups is 2. The molecule has 0 radical (unpaired) electrons. The summed E-state index contributed by atoms with van der Waals surface area (Å²) in [6.45, 7) is 2.05. The van der Waals surface area contributed by atoms with E-state index in [4.69, 9.17) is 4.74 Å². The van der Waals surface area contributed by atoms with E-state index in [0.29, 0.717) is 23.3 Å². The molecule has 0 aliphatic rings. The Morgan fingerprint density at radius 2 is 2.19 bits per heavy atom. The van der Waals surface area contributed by atoms with E-state index in [9.17, 15) is 9.59 Å². The standard InChI is InChI=1S/C12H10O3S/c1-2-15-12(14)11-9(7-13)8-5-3-4-6-10(8)16-11/h3-7H,2H2,1H3. The largest absolute Gasteiger partial charge is 0.462 e. The molecular weight excluding hydrogens is 224 g/mol. The van der Waals surface area contributed by atoms with E-state index in [0.717, 1.165) is 10.1 Å². The van der Waals surface area contributed by atoms with Gasteiger partial charge in [0.05, 0.1) is 6.61 Å². The lowest BCUT2D eigenvalue weighted by Gasteiger charge is -1.98. The first-order valence-corrected chi connectivity index (χ1v) is 5.73. The molecule has 0 aliphatic carbocycles. The second kappa shape index (κ2) is 4.45. The van der Waals surface area contributed by atoms with Crippen molar-refractivity contribution in [2.75, 3.05) is 6.61 Å². The summed E-state index contributed by atoms with van der Waals surface area (Å²) in [5.41, 5.74) is 0.430. The van der Waals surface area contributed by atoms with Gasteiger partial charge < -0.3 is 4.74 Å². The summed E-state index contributed by atoms with van der Waals surface area (Å²) in [6.07, 6.45) is 0.713. The van der Waals surface area contributed by atoms with Crippen molar-refractivity contribution in [2.45, 2.75) is 6.92 Å². The van der Waals surface area contributed by atoms with Gasteiger partial charge in [-0.15, -0.1) is 11.3 Å². The van der Waals surface area contributed by atoms with Crippen LogP contribution in [0, 0.1) is 0 Å². The molecule has 0 N–H and O–H groups in total. The molecule has 2 rings (SSSR count). The minimum atomic E-state index is -0.425. The van der Waals surface area contributed by atoms with Gasteiger partial charge in [0.2, 0.25) is 0 Å². The molecule has 0 aliphatic heterocycles. The van der Waals surface area contributed by atoms with Gasteiger partial charge in [-0.25, -0.2) is 4.79 Å². The number of hydrogen-bond acceptors (Lipinski definition) is 4. The maximum Gasteiger partial charge on any atom is 0.349 e. The second-order valence-electron chi connectivity index (χ2n) is 3.18. The van der Waals surface area contributed by atoms with Crippen molar-refractivity contribution in [3.05, 3.63) is 34.7 Å². The van der Waals surface area contributed by atoms with E-state index in [1.165, 1.54) is 11.3 Å². The quantitative estimate of drug-likeness (QED) is 0.605. The Morgan fingerprint density at radius 1 is 1.44 bits per heavy atom. The maximum absolute atomic E-state index is 11.6. The van der Waals surface area contributed by atoms with Crippen LogP contribution in [-0.4, -0.2) is 18.9 Å². The molecule has 2 aromatic rings. The van der Waals surface area contributed by atoms with Crippen LogP contribution in [0.2, 0.25) is 0 Å². The molecule has 0 atom stereocenters. The summed E-state index contributed by atoms with van der Waals surface area (Å²) in [4.78, 5) is 23.0. The van der Waals surface area contributed by atoms with Crippen molar-refractivity contribution in [2.24, 2.45) is 0 Å². The van der Waals surface area contributed by atoms with Crippen LogP contribution in [0.5, 0.6) is 0 Å². The normalized spacial score (nSPS) is 10.3. The van der Waals surface area contributed by atoms with E-state index in [1.807, 2.05) is 24.3 Å². The highest BCUT2D eigenvalue weighted by Crippen LogP contribution is 2.30. The number of ether oxygens (including phenoxy) is 1. The van der Waals surface area contributed by atoms with Crippen LogP contribution >= 0.6 is 11.3 Å². The SMILES string of the molecule is CCOC(=O)c1sc2ccccc2c1C=O. The lowest BCUT2D eigenvalue weighted by Crippen LogP contribution is -2.04. The van der Waals surface area contributed by atoms with Gasteiger partial charge in [0, 0.05) is 15.6 Å². The van der Waals surface area contributed by atoms with E-state index in [2.05, 4.69) is 0 Å². The highest BCUT2D eigenvalue weighted by molar-refractivity contribution is 7.21. The molecule has 0 saturated carbocycles. The Bertz CT molecular complexity index is 542. The van der Waals surface area contributed by atoms with Crippen LogP contribution in [0.25, 0.3) is 10.1 Å². The number of hydrogen-bond donors (Lipinski definition) is 0. The fourth-order valence-corrected chi connectivity index (χ4v) is 2.60. The Morgan fingerprint density at radius 3 is 2.88 bits per heavy atom. The van der Waals surface area contributed by atoms with E-state index in [1.54, 1.807) is 6.92 Å². The van der Waals surface area contributed by atoms with Gasteiger partial charge in [-0.1, -0.05) is 18.2 Å². The average Bonchev–Trinajstić information content (AvgIpc) is 2.67. The number of thiophene rings is 1. The molecule has 16 heavy (non-hydrogen) atoms. The van der Waals surface area contributed by atoms with Gasteiger partial charge in [0.1, 0.15) is 4.88 Å². The number of fused-ring (bicyclic) bond motifs is 1. The minimum Gasteiger partial charge on any atom is -0.462 e. The van der Waals surface area contributed by atoms with Crippen molar-refractivity contribution < 1.29 is 14.3 Å². The maximum atomic E-state index is 11.6. The van der Waals surface area contributed by atoms with E-state index < -0.39 is 5.97 Å². The Balaban J connectivity index is 2.60. The molecule has 0 spiro atoms. The molecule has 0 saturated heterocycles. The van der Waals surface area contributed by atoms with E-state index >= 15 is 0 Å². The van der Waals surface area contributed by atoms with Crippen molar-refractivity contribution in [1.82, 2.24) is 0 Å². The summed E-state index contributed by atoms with van der Waals surface area (Å²) >= 11 is 1.29. The van der Waals surface area contributed by atoms with Gasteiger partial charge in [0.15, 0.2) is 6.29 Å². The molecule has 1 aromatic carbocycles. The van der Waals surface area contributed by atoms with Crippen LogP contribution in [0.3, 0.4) is 0 Å². The number of carbonyl (C=O) groups excluding carboxylic acids is 2. The fourth-order valence-electron chi connectivity index (χ4n) is 1.53. The zero-order chi connectivity index (χ0) is 11.5. The first kappa shape index (κ1) is 10.8. The van der Waals surface area contributed by atoms with Gasteiger partial charge in [-0.2, -0.15) is 0 Å². The molecular formula is C12H10O3S. The predicted octanol–water partition coefficient (Wildman–Crippen LogP) is 2.89. The second-order valence-corrected chi connectivity index (χ2v) is 4.23. The van der Waals surface area contributed by atoms with Crippen LogP contribution in [0.4, 0.5) is 0 Å². The third-order valence-electron chi connectivity index (χ3n) is 2.21. The number of esters is 1. The molecule has 0 unspecified atom stereocenters. The molecule has 1 heterocycles. The zero-order valence-corrected chi connectivity index (χ0v) is 9.54. The van der Waals surface area contributed by atoms with Crippen molar-refractivity contribution in [1.29, 1.82) is 0 Å². The lowest BCUT2D eigenvalue weighted by atomic mass is 10.1. The molecule has 1 aromatic heterocycles. The highest BCUT2D eigenvalue weighted by atomic mass is 32.1. The predicted molar refractivity (Wildman–Crippen MR) is 63.2 cm³/mol. The van der Waals surface area contributed by atoms with Crippen LogP contribution in [0.15, 0.2) is 24.3 Å². The van der Waals surface area contributed by atoms with Gasteiger partial charge >= 0.3 is 5.97 Å². The number of aldehydes is 1. The van der Waals surface area contributed by atoms with Gasteiger partial charge in [-0.3, -0.25) is 4.79 Å². The van der Waals surface area contributed by atoms with Crippen LogP contribution in [-0.2, 0) is 4.74 Å². The Labute approximate surface area is 96.6 Å². The third kappa shape index (κ3) is 1.72. The highest BCUT2D eigenvalue weighted by Gasteiger charge is 2.18. The molecule has 4 heteroatoms. The van der Waals surface area contributed by atoms with E-state index in [-0.39, 0.29) is 0 Å². The van der Waals surface area contributed by atoms with Gasteiger partial charge in [0.25, 0.3) is 0 Å². The molecule has 0 bridgehead atoms.